The number of aliphatic carboxylic acids is 1. The maximum absolute atomic E-state index is 11.6. The predicted octanol–water partition coefficient (Wildman–Crippen LogP) is -1.61. The second-order valence-corrected chi connectivity index (χ2v) is 4.76. The number of nitrogens with zero attached hydrogens (tertiary/aromatic N) is 1. The van der Waals surface area contributed by atoms with Crippen molar-refractivity contribution < 1.29 is 43.2 Å². The molecule has 1 amide bonds. The topological polar surface area (TPSA) is 178 Å². The summed E-state index contributed by atoms with van der Waals surface area (Å²) in [6, 6.07) is -3.96. The summed E-state index contributed by atoms with van der Waals surface area (Å²) in [6.45, 7) is -2.29. The molecule has 0 fully saturated rings. The van der Waals surface area contributed by atoms with E-state index in [0.717, 1.165) is 0 Å². The molecule has 2 atom stereocenters. The van der Waals surface area contributed by atoms with E-state index in [-0.39, 0.29) is 4.67 Å². The molecule has 0 saturated carbocycles. The van der Waals surface area contributed by atoms with Crippen LogP contribution in [0.1, 0.15) is 0 Å². The summed E-state index contributed by atoms with van der Waals surface area (Å²) in [7, 11) is -7.07. The first-order chi connectivity index (χ1) is 8.76. The number of rotatable bonds is 8. The second-order valence-electron chi connectivity index (χ2n) is 3.08. The molecule has 11 nitrogen and oxygen atoms in total. The number of hydrogen-bond acceptors (Lipinski definition) is 8. The van der Waals surface area contributed by atoms with Crippen LogP contribution in [-0.2, 0) is 27.8 Å². The van der Waals surface area contributed by atoms with Gasteiger partial charge in [0.1, 0.15) is 6.04 Å². The van der Waals surface area contributed by atoms with E-state index < -0.39 is 52.8 Å². The van der Waals surface area contributed by atoms with Crippen LogP contribution in [0.2, 0.25) is 0 Å². The molecule has 0 aromatic rings. The summed E-state index contributed by atoms with van der Waals surface area (Å²) in [5, 5.41) is 27.7. The molecule has 0 radical (unpaired) electrons. The SMILES string of the molecule is O=C(O)[C@H](CO)N(C(=O)[C@H](CO)NP(=O)=O)P(=O)=O. The van der Waals surface area contributed by atoms with Crippen molar-refractivity contribution in [3.8, 4) is 0 Å². The van der Waals surface area contributed by atoms with Gasteiger partial charge in [-0.2, -0.15) is 5.09 Å². The largest absolute Gasteiger partial charge is 0.480 e. The first kappa shape index (κ1) is 17.6. The third-order valence-electron chi connectivity index (χ3n) is 1.90. The highest BCUT2D eigenvalue weighted by Crippen LogP contribution is 2.20. The van der Waals surface area contributed by atoms with Crippen LogP contribution in [0.15, 0.2) is 0 Å². The number of aliphatic hydroxyl groups excluding tert-OH is 2. The Bertz CT molecular complexity index is 469. The molecular formula is C6H10N2O9P2. The minimum atomic E-state index is -3.75. The highest BCUT2D eigenvalue weighted by atomic mass is 31.1. The third-order valence-corrected chi connectivity index (χ3v) is 3.25. The molecule has 13 heteroatoms. The van der Waals surface area contributed by atoms with E-state index in [1.54, 1.807) is 5.09 Å². The van der Waals surface area contributed by atoms with Crippen molar-refractivity contribution in [1.29, 1.82) is 0 Å². The summed E-state index contributed by atoms with van der Waals surface area (Å²) in [5.74, 6) is -3.32. The molecular weight excluding hydrogens is 306 g/mol. The van der Waals surface area contributed by atoms with Gasteiger partial charge in [0.2, 0.25) is 0 Å². The van der Waals surface area contributed by atoms with Crippen molar-refractivity contribution in [2.24, 2.45) is 0 Å². The number of carboxylic acids is 1. The van der Waals surface area contributed by atoms with E-state index in [0.29, 0.717) is 0 Å². The molecule has 0 aromatic heterocycles. The summed E-state index contributed by atoms with van der Waals surface area (Å²) in [6.07, 6.45) is 0. The normalized spacial score (nSPS) is 13.4. The first-order valence-electron chi connectivity index (χ1n) is 4.58. The second kappa shape index (κ2) is 7.93. The van der Waals surface area contributed by atoms with E-state index in [1.807, 2.05) is 0 Å². The smallest absolute Gasteiger partial charge is 0.430 e. The Labute approximate surface area is 107 Å². The molecule has 0 aliphatic heterocycles. The van der Waals surface area contributed by atoms with Crippen molar-refractivity contribution in [1.82, 2.24) is 9.76 Å². The van der Waals surface area contributed by atoms with Gasteiger partial charge in [-0.15, -0.1) is 0 Å². The third kappa shape index (κ3) is 5.01. The van der Waals surface area contributed by atoms with Gasteiger partial charge in [-0.1, -0.05) is 0 Å². The fourth-order valence-electron chi connectivity index (χ4n) is 1.07. The van der Waals surface area contributed by atoms with Gasteiger partial charge in [-0.25, -0.2) is 27.7 Å². The lowest BCUT2D eigenvalue weighted by Crippen LogP contribution is -2.50. The minimum Gasteiger partial charge on any atom is -0.480 e. The Morgan fingerprint density at radius 1 is 1.11 bits per heavy atom. The fraction of sp³-hybridized carbons (Fsp3) is 0.667. The van der Waals surface area contributed by atoms with Gasteiger partial charge >= 0.3 is 21.6 Å². The number of aliphatic hydroxyl groups is 2. The standard InChI is InChI=1S/C6H10N2O9P2/c9-1-3(7-18(14)15)5(11)8(19(16)17)4(2-10)6(12)13/h3-4,9-10H,1-2H2,(H,12,13)(H,7,14,15)/t3-,4-/m0/s1. The maximum Gasteiger partial charge on any atom is 0.430 e. The van der Waals surface area contributed by atoms with E-state index >= 15 is 0 Å². The number of carboxylic acid groups (broad SMARTS) is 1. The van der Waals surface area contributed by atoms with Gasteiger partial charge in [0.15, 0.2) is 6.04 Å². The van der Waals surface area contributed by atoms with Gasteiger partial charge in [0.05, 0.1) is 13.2 Å². The lowest BCUT2D eigenvalue weighted by molar-refractivity contribution is -0.148. The zero-order valence-electron chi connectivity index (χ0n) is 9.20. The number of carbonyl (C=O) groups excluding carboxylic acids is 1. The van der Waals surface area contributed by atoms with Crippen molar-refractivity contribution >= 4 is 27.5 Å². The number of hydrogen-bond donors (Lipinski definition) is 4. The maximum atomic E-state index is 11.6. The zero-order chi connectivity index (χ0) is 15.2. The molecule has 0 unspecified atom stereocenters. The Morgan fingerprint density at radius 3 is 1.89 bits per heavy atom. The molecule has 19 heavy (non-hydrogen) atoms. The molecule has 0 rings (SSSR count). The molecule has 0 aliphatic rings. The van der Waals surface area contributed by atoms with Crippen molar-refractivity contribution in [3.63, 3.8) is 0 Å². The van der Waals surface area contributed by atoms with Gasteiger partial charge in [0, 0.05) is 0 Å². The number of nitrogens with one attached hydrogen (secondary N) is 1. The molecule has 0 saturated heterocycles. The highest BCUT2D eigenvalue weighted by molar-refractivity contribution is 7.29. The van der Waals surface area contributed by atoms with E-state index in [4.69, 9.17) is 15.3 Å². The van der Waals surface area contributed by atoms with Crippen LogP contribution in [-0.4, -0.2) is 57.2 Å². The Kier molecular flexibility index (Phi) is 7.35. The van der Waals surface area contributed by atoms with Gasteiger partial charge in [-0.3, -0.25) is 4.79 Å². The van der Waals surface area contributed by atoms with Crippen LogP contribution in [0.5, 0.6) is 0 Å². The van der Waals surface area contributed by atoms with Crippen LogP contribution >= 0.6 is 15.7 Å². The van der Waals surface area contributed by atoms with E-state index in [1.165, 1.54) is 0 Å². The summed E-state index contributed by atoms with van der Waals surface area (Å²) >= 11 is 0. The minimum absolute atomic E-state index is 0.232. The monoisotopic (exact) mass is 316 g/mol. The fourth-order valence-corrected chi connectivity index (χ4v) is 2.22. The molecule has 0 heterocycles. The lowest BCUT2D eigenvalue weighted by Gasteiger charge is -2.23. The van der Waals surface area contributed by atoms with E-state index in [2.05, 4.69) is 0 Å². The quantitative estimate of drug-likeness (QED) is 0.380. The lowest BCUT2D eigenvalue weighted by atomic mass is 10.2. The molecule has 4 N–H and O–H groups in total. The van der Waals surface area contributed by atoms with Crippen LogP contribution in [0, 0.1) is 0 Å². The molecule has 0 spiro atoms. The van der Waals surface area contributed by atoms with Crippen LogP contribution in [0.25, 0.3) is 0 Å². The van der Waals surface area contributed by atoms with Gasteiger partial charge < -0.3 is 15.3 Å². The Hall–Kier alpha value is -1.38. The summed E-state index contributed by atoms with van der Waals surface area (Å²) in [4.78, 5) is 22.3. The average molecular weight is 316 g/mol. The average Bonchev–Trinajstić information content (AvgIpc) is 2.30. The first-order valence-corrected chi connectivity index (χ1v) is 6.89. The Balaban J connectivity index is 5.38. The molecule has 0 aliphatic carbocycles. The molecule has 0 bridgehead atoms. The molecule has 108 valence electrons. The van der Waals surface area contributed by atoms with Crippen molar-refractivity contribution in [2.45, 2.75) is 12.1 Å². The van der Waals surface area contributed by atoms with Crippen LogP contribution < -0.4 is 5.09 Å². The zero-order valence-corrected chi connectivity index (χ0v) is 11.0. The Morgan fingerprint density at radius 2 is 1.63 bits per heavy atom. The van der Waals surface area contributed by atoms with Crippen LogP contribution in [0.3, 0.4) is 0 Å². The summed E-state index contributed by atoms with van der Waals surface area (Å²) in [5.41, 5.74) is 0. The van der Waals surface area contributed by atoms with Crippen molar-refractivity contribution in [3.05, 3.63) is 0 Å². The van der Waals surface area contributed by atoms with Crippen LogP contribution in [0.4, 0.5) is 0 Å². The van der Waals surface area contributed by atoms with E-state index in [9.17, 15) is 27.8 Å². The van der Waals surface area contributed by atoms with Gasteiger partial charge in [0.25, 0.3) is 5.91 Å². The molecule has 0 aromatic carbocycles. The van der Waals surface area contributed by atoms with Crippen molar-refractivity contribution in [2.75, 3.05) is 13.2 Å². The number of carbonyl (C=O) groups is 2. The number of amides is 1. The summed E-state index contributed by atoms with van der Waals surface area (Å²) < 4.78 is 42.2. The highest BCUT2D eigenvalue weighted by Gasteiger charge is 2.37. The predicted molar refractivity (Wildman–Crippen MR) is 56.0 cm³/mol. The van der Waals surface area contributed by atoms with Gasteiger partial charge in [-0.05, 0) is 0 Å².